The summed E-state index contributed by atoms with van der Waals surface area (Å²) in [6.45, 7) is 5.38. The normalized spacial score (nSPS) is 16.4. The molecule has 1 unspecified atom stereocenters. The van der Waals surface area contributed by atoms with E-state index in [4.69, 9.17) is 15.2 Å². The molecule has 3 rings (SSSR count). The molecule has 2 aromatic carbocycles. The summed E-state index contributed by atoms with van der Waals surface area (Å²) in [7, 11) is 0. The Bertz CT molecular complexity index is 668. The van der Waals surface area contributed by atoms with Crippen molar-refractivity contribution in [2.45, 2.75) is 45.4 Å². The first-order chi connectivity index (χ1) is 12.2. The lowest BCUT2D eigenvalue weighted by Gasteiger charge is -2.26. The van der Waals surface area contributed by atoms with E-state index < -0.39 is 0 Å². The Morgan fingerprint density at radius 2 is 1.64 bits per heavy atom. The van der Waals surface area contributed by atoms with Crippen molar-refractivity contribution >= 4 is 0 Å². The van der Waals surface area contributed by atoms with Gasteiger partial charge in [-0.2, -0.15) is 0 Å². The molecular weight excluding hydrogens is 312 g/mol. The van der Waals surface area contributed by atoms with Gasteiger partial charge in [-0.25, -0.2) is 0 Å². The third-order valence-electron chi connectivity index (χ3n) is 4.48. The van der Waals surface area contributed by atoms with Crippen molar-refractivity contribution in [1.82, 2.24) is 4.90 Å². The first-order valence-electron chi connectivity index (χ1n) is 9.24. The molecule has 0 saturated carbocycles. The van der Waals surface area contributed by atoms with Crippen LogP contribution in [0.4, 0.5) is 0 Å². The minimum absolute atomic E-state index is 0.289. The molecule has 0 aliphatic carbocycles. The molecule has 2 aromatic rings. The van der Waals surface area contributed by atoms with E-state index in [1.807, 2.05) is 37.3 Å². The van der Waals surface area contributed by atoms with Gasteiger partial charge >= 0.3 is 0 Å². The quantitative estimate of drug-likeness (QED) is 0.752. The van der Waals surface area contributed by atoms with Gasteiger partial charge in [-0.05, 0) is 62.2 Å². The second kappa shape index (κ2) is 8.88. The minimum atomic E-state index is -0.289. The average Bonchev–Trinajstić information content (AvgIpc) is 2.63. The Morgan fingerprint density at radius 1 is 0.960 bits per heavy atom. The highest BCUT2D eigenvalue weighted by atomic mass is 16.5. The SMILES string of the molecule is CCC(N)Oc1cccc(Oc2cccc(CN3CCCCC3)c2)c1. The van der Waals surface area contributed by atoms with E-state index >= 15 is 0 Å². The van der Waals surface area contributed by atoms with Gasteiger partial charge in [0.25, 0.3) is 0 Å². The van der Waals surface area contributed by atoms with Crippen molar-refractivity contribution in [3.63, 3.8) is 0 Å². The highest BCUT2D eigenvalue weighted by Crippen LogP contribution is 2.27. The van der Waals surface area contributed by atoms with Crippen molar-refractivity contribution in [2.75, 3.05) is 13.1 Å². The second-order valence-electron chi connectivity index (χ2n) is 6.63. The standard InChI is InChI=1S/C21H28N2O2/c1-2-21(22)25-20-11-7-10-19(15-20)24-18-9-6-8-17(14-18)16-23-12-4-3-5-13-23/h6-11,14-15,21H,2-5,12-13,16,22H2,1H3. The van der Waals surface area contributed by atoms with Gasteiger partial charge in [0.1, 0.15) is 23.5 Å². The number of ether oxygens (including phenoxy) is 2. The lowest BCUT2D eigenvalue weighted by molar-refractivity contribution is 0.204. The zero-order valence-electron chi connectivity index (χ0n) is 15.0. The highest BCUT2D eigenvalue weighted by molar-refractivity contribution is 5.38. The summed E-state index contributed by atoms with van der Waals surface area (Å²) in [5.74, 6) is 2.35. The van der Waals surface area contributed by atoms with Crippen molar-refractivity contribution in [3.8, 4) is 17.2 Å². The van der Waals surface area contributed by atoms with E-state index in [2.05, 4.69) is 23.1 Å². The van der Waals surface area contributed by atoms with Crippen molar-refractivity contribution < 1.29 is 9.47 Å². The number of nitrogens with two attached hydrogens (primary N) is 1. The summed E-state index contributed by atoms with van der Waals surface area (Å²) in [6.07, 6.45) is 4.46. The third kappa shape index (κ3) is 5.48. The summed E-state index contributed by atoms with van der Waals surface area (Å²) in [6, 6.07) is 16.0. The van der Waals surface area contributed by atoms with Crippen LogP contribution in [-0.4, -0.2) is 24.2 Å². The molecule has 1 saturated heterocycles. The molecule has 4 heteroatoms. The van der Waals surface area contributed by atoms with Crippen LogP contribution in [0.25, 0.3) is 0 Å². The highest BCUT2D eigenvalue weighted by Gasteiger charge is 2.11. The Morgan fingerprint density at radius 3 is 2.40 bits per heavy atom. The molecule has 0 bridgehead atoms. The van der Waals surface area contributed by atoms with Crippen molar-refractivity contribution in [3.05, 3.63) is 54.1 Å². The van der Waals surface area contributed by atoms with Crippen LogP contribution in [0.5, 0.6) is 17.2 Å². The maximum absolute atomic E-state index is 6.02. The first kappa shape index (κ1) is 17.8. The van der Waals surface area contributed by atoms with Gasteiger partial charge in [0.2, 0.25) is 0 Å². The molecule has 1 heterocycles. The largest absolute Gasteiger partial charge is 0.475 e. The molecular formula is C21H28N2O2. The summed E-state index contributed by atoms with van der Waals surface area (Å²) in [5, 5.41) is 0. The van der Waals surface area contributed by atoms with E-state index in [0.29, 0.717) is 0 Å². The molecule has 134 valence electrons. The van der Waals surface area contributed by atoms with E-state index in [1.54, 1.807) is 0 Å². The fourth-order valence-electron chi connectivity index (χ4n) is 3.09. The Kier molecular flexibility index (Phi) is 6.31. The maximum atomic E-state index is 6.02. The number of likely N-dealkylation sites (tertiary alicyclic amines) is 1. The third-order valence-corrected chi connectivity index (χ3v) is 4.48. The molecule has 0 radical (unpaired) electrons. The molecule has 1 fully saturated rings. The van der Waals surface area contributed by atoms with Gasteiger partial charge in [0.15, 0.2) is 0 Å². The first-order valence-corrected chi connectivity index (χ1v) is 9.24. The molecule has 4 nitrogen and oxygen atoms in total. The van der Waals surface area contributed by atoms with Gasteiger partial charge < -0.3 is 9.47 Å². The monoisotopic (exact) mass is 340 g/mol. The topological polar surface area (TPSA) is 47.7 Å². The van der Waals surface area contributed by atoms with Crippen molar-refractivity contribution in [1.29, 1.82) is 0 Å². The molecule has 1 atom stereocenters. The molecule has 1 aliphatic heterocycles. The maximum Gasteiger partial charge on any atom is 0.147 e. The van der Waals surface area contributed by atoms with E-state index in [9.17, 15) is 0 Å². The molecule has 2 N–H and O–H groups in total. The minimum Gasteiger partial charge on any atom is -0.475 e. The number of piperidine rings is 1. The van der Waals surface area contributed by atoms with Crippen LogP contribution in [0.1, 0.15) is 38.2 Å². The Labute approximate surface area is 150 Å². The summed E-state index contributed by atoms with van der Waals surface area (Å²) < 4.78 is 11.7. The molecule has 0 aromatic heterocycles. The molecule has 0 spiro atoms. The van der Waals surface area contributed by atoms with Crippen LogP contribution >= 0.6 is 0 Å². The summed E-state index contributed by atoms with van der Waals surface area (Å²) in [5.41, 5.74) is 7.14. The fraction of sp³-hybridized carbons (Fsp3) is 0.429. The lowest BCUT2D eigenvalue weighted by atomic mass is 10.1. The van der Waals surface area contributed by atoms with Crippen LogP contribution in [0.2, 0.25) is 0 Å². The van der Waals surface area contributed by atoms with Crippen LogP contribution in [-0.2, 0) is 6.54 Å². The Balaban J connectivity index is 1.64. The number of hydrogen-bond donors (Lipinski definition) is 1. The van der Waals surface area contributed by atoms with Gasteiger partial charge in [-0.1, -0.05) is 31.5 Å². The zero-order valence-corrected chi connectivity index (χ0v) is 15.0. The number of nitrogens with zero attached hydrogens (tertiary/aromatic N) is 1. The predicted molar refractivity (Wildman–Crippen MR) is 101 cm³/mol. The average molecular weight is 340 g/mol. The van der Waals surface area contributed by atoms with Gasteiger partial charge in [-0.15, -0.1) is 0 Å². The van der Waals surface area contributed by atoms with Crippen LogP contribution in [0, 0.1) is 0 Å². The van der Waals surface area contributed by atoms with Crippen LogP contribution < -0.4 is 15.2 Å². The lowest BCUT2D eigenvalue weighted by Crippen LogP contribution is -2.29. The zero-order chi connectivity index (χ0) is 17.5. The van der Waals surface area contributed by atoms with Gasteiger partial charge in [-0.3, -0.25) is 10.6 Å². The van der Waals surface area contributed by atoms with E-state index in [1.165, 1.54) is 37.9 Å². The number of rotatable bonds is 7. The van der Waals surface area contributed by atoms with E-state index in [0.717, 1.165) is 30.2 Å². The van der Waals surface area contributed by atoms with Gasteiger partial charge in [0, 0.05) is 12.6 Å². The second-order valence-corrected chi connectivity index (χ2v) is 6.63. The van der Waals surface area contributed by atoms with E-state index in [-0.39, 0.29) is 6.23 Å². The van der Waals surface area contributed by atoms with Crippen LogP contribution in [0.3, 0.4) is 0 Å². The number of benzene rings is 2. The summed E-state index contributed by atoms with van der Waals surface area (Å²) >= 11 is 0. The van der Waals surface area contributed by atoms with Crippen LogP contribution in [0.15, 0.2) is 48.5 Å². The summed E-state index contributed by atoms with van der Waals surface area (Å²) in [4.78, 5) is 2.52. The molecule has 1 aliphatic rings. The Hall–Kier alpha value is -2.04. The predicted octanol–water partition coefficient (Wildman–Crippen LogP) is 4.54. The molecule has 25 heavy (non-hydrogen) atoms. The van der Waals surface area contributed by atoms with Gasteiger partial charge in [0.05, 0.1) is 0 Å². The fourth-order valence-corrected chi connectivity index (χ4v) is 3.09. The van der Waals surface area contributed by atoms with Crippen molar-refractivity contribution in [2.24, 2.45) is 5.73 Å². The molecule has 0 amide bonds. The smallest absolute Gasteiger partial charge is 0.147 e. The number of hydrogen-bond acceptors (Lipinski definition) is 4.